The average molecular weight is 385 g/mol. The number of rotatable bonds is 5. The number of thiocarbonyl (C=S) groups is 1. The zero-order chi connectivity index (χ0) is 18.7. The third-order valence-corrected chi connectivity index (χ3v) is 4.83. The Hall–Kier alpha value is -2.64. The van der Waals surface area contributed by atoms with Gasteiger partial charge in [-0.25, -0.2) is 0 Å². The molecule has 2 aromatic rings. The third kappa shape index (κ3) is 4.30. The molecular weight excluding hydrogens is 370 g/mol. The number of ketones is 1. The Morgan fingerprint density at radius 3 is 2.58 bits per heavy atom. The fourth-order valence-corrected chi connectivity index (χ4v) is 3.41. The molecule has 26 heavy (non-hydrogen) atoms. The number of aromatic hydroxyl groups is 1. The van der Waals surface area contributed by atoms with E-state index in [1.165, 1.54) is 24.8 Å². The number of amides is 1. The summed E-state index contributed by atoms with van der Waals surface area (Å²) in [6.07, 6.45) is 1.77. The van der Waals surface area contributed by atoms with Gasteiger partial charge in [-0.05, 0) is 48.4 Å². The van der Waals surface area contributed by atoms with Crippen molar-refractivity contribution in [1.82, 2.24) is 5.32 Å². The Labute approximate surface area is 160 Å². The number of phenols is 1. The van der Waals surface area contributed by atoms with Crippen molar-refractivity contribution in [2.24, 2.45) is 0 Å². The molecule has 0 aliphatic carbocycles. The van der Waals surface area contributed by atoms with E-state index in [1.807, 2.05) is 12.1 Å². The second kappa shape index (κ2) is 7.72. The fourth-order valence-electron chi connectivity index (χ4n) is 2.36. The van der Waals surface area contributed by atoms with Crippen LogP contribution in [0, 0.1) is 0 Å². The lowest BCUT2D eigenvalue weighted by Gasteiger charge is -2.08. The first kappa shape index (κ1) is 18.2. The fraction of sp³-hybridized carbons (Fsp3) is 0.105. The van der Waals surface area contributed by atoms with E-state index in [1.54, 1.807) is 30.3 Å². The largest absolute Gasteiger partial charge is 0.507 e. The van der Waals surface area contributed by atoms with Gasteiger partial charge in [0, 0.05) is 0 Å². The molecule has 0 aromatic heterocycles. The average Bonchev–Trinajstić information content (AvgIpc) is 2.91. The second-order valence-corrected chi connectivity index (χ2v) is 7.34. The van der Waals surface area contributed by atoms with Crippen LogP contribution in [-0.4, -0.2) is 21.1 Å². The predicted octanol–water partition coefficient (Wildman–Crippen LogP) is 3.66. The summed E-state index contributed by atoms with van der Waals surface area (Å²) >= 11 is 6.19. The van der Waals surface area contributed by atoms with Gasteiger partial charge < -0.3 is 15.2 Å². The number of carbonyl (C=O) groups excluding carboxylic acids is 2. The minimum absolute atomic E-state index is 0.0502. The number of ether oxygens (including phenoxy) is 1. The van der Waals surface area contributed by atoms with E-state index >= 15 is 0 Å². The molecule has 1 aliphatic heterocycles. The molecule has 7 heteroatoms. The summed E-state index contributed by atoms with van der Waals surface area (Å²) in [4.78, 5) is 23.5. The van der Waals surface area contributed by atoms with Gasteiger partial charge in [-0.3, -0.25) is 9.59 Å². The van der Waals surface area contributed by atoms with Gasteiger partial charge in [0.25, 0.3) is 5.91 Å². The van der Waals surface area contributed by atoms with Gasteiger partial charge in [0.2, 0.25) is 0 Å². The monoisotopic (exact) mass is 385 g/mol. The van der Waals surface area contributed by atoms with Gasteiger partial charge in [0.1, 0.15) is 22.4 Å². The maximum Gasteiger partial charge on any atom is 0.263 e. The Morgan fingerprint density at radius 2 is 2.00 bits per heavy atom. The van der Waals surface area contributed by atoms with Crippen LogP contribution in [0.25, 0.3) is 6.08 Å². The predicted molar refractivity (Wildman–Crippen MR) is 105 cm³/mol. The first-order valence-electron chi connectivity index (χ1n) is 7.73. The lowest BCUT2D eigenvalue weighted by atomic mass is 10.1. The van der Waals surface area contributed by atoms with E-state index in [9.17, 15) is 14.7 Å². The van der Waals surface area contributed by atoms with Crippen LogP contribution >= 0.6 is 24.0 Å². The quantitative estimate of drug-likeness (QED) is 0.465. The summed E-state index contributed by atoms with van der Waals surface area (Å²) in [6.45, 7) is 1.67. The van der Waals surface area contributed by atoms with E-state index in [0.717, 1.165) is 11.1 Å². The molecule has 3 rings (SSSR count). The van der Waals surface area contributed by atoms with Crippen LogP contribution in [0.2, 0.25) is 0 Å². The molecule has 0 atom stereocenters. The Bertz CT molecular complexity index is 920. The van der Waals surface area contributed by atoms with Gasteiger partial charge in [-0.15, -0.1) is 0 Å². The van der Waals surface area contributed by atoms with Gasteiger partial charge in [0.05, 0.1) is 10.5 Å². The zero-order valence-corrected chi connectivity index (χ0v) is 15.4. The highest BCUT2D eigenvalue weighted by Crippen LogP contribution is 2.26. The van der Waals surface area contributed by atoms with E-state index in [2.05, 4.69) is 5.32 Å². The number of phenolic OH excluding ortho intramolecular Hbond substituents is 1. The standard InChI is InChI=1S/C19H15NO4S2/c1-11(21)15-7-4-13(8-16(15)22)10-24-14-5-2-12(3-6-14)9-17-18(23)20-19(25)26-17/h2-9,22H,10H2,1H3,(H,20,23,25). The maximum atomic E-state index is 11.7. The molecule has 1 heterocycles. The normalized spacial score (nSPS) is 15.2. The van der Waals surface area contributed by atoms with E-state index in [4.69, 9.17) is 17.0 Å². The molecule has 0 saturated carbocycles. The van der Waals surface area contributed by atoms with Crippen molar-refractivity contribution in [2.45, 2.75) is 13.5 Å². The van der Waals surface area contributed by atoms with Gasteiger partial charge >= 0.3 is 0 Å². The van der Waals surface area contributed by atoms with Crippen LogP contribution in [0.4, 0.5) is 0 Å². The molecule has 132 valence electrons. The number of hydrogen-bond acceptors (Lipinski definition) is 6. The molecule has 5 nitrogen and oxygen atoms in total. The number of nitrogens with one attached hydrogen (secondary N) is 1. The summed E-state index contributed by atoms with van der Waals surface area (Å²) in [7, 11) is 0. The Kier molecular flexibility index (Phi) is 5.39. The van der Waals surface area contributed by atoms with Crippen molar-refractivity contribution in [2.75, 3.05) is 0 Å². The van der Waals surface area contributed by atoms with Crippen LogP contribution in [-0.2, 0) is 11.4 Å². The molecule has 2 N–H and O–H groups in total. The minimum Gasteiger partial charge on any atom is -0.507 e. The second-order valence-electron chi connectivity index (χ2n) is 5.62. The zero-order valence-electron chi connectivity index (χ0n) is 13.8. The van der Waals surface area contributed by atoms with Crippen molar-refractivity contribution in [3.05, 3.63) is 64.1 Å². The molecule has 0 radical (unpaired) electrons. The smallest absolute Gasteiger partial charge is 0.263 e. The molecular formula is C19H15NO4S2. The highest BCUT2D eigenvalue weighted by Gasteiger charge is 2.21. The Morgan fingerprint density at radius 1 is 1.27 bits per heavy atom. The number of thioether (sulfide) groups is 1. The molecule has 0 unspecified atom stereocenters. The van der Waals surface area contributed by atoms with Gasteiger partial charge in [-0.2, -0.15) is 0 Å². The molecule has 1 aliphatic rings. The molecule has 0 spiro atoms. The number of hydrogen-bond donors (Lipinski definition) is 2. The van der Waals surface area contributed by atoms with Gasteiger partial charge in [-0.1, -0.05) is 42.2 Å². The summed E-state index contributed by atoms with van der Waals surface area (Å²) < 4.78 is 6.15. The topological polar surface area (TPSA) is 75.6 Å². The van der Waals surface area contributed by atoms with Crippen molar-refractivity contribution < 1.29 is 19.4 Å². The van der Waals surface area contributed by atoms with E-state index < -0.39 is 0 Å². The third-order valence-electron chi connectivity index (χ3n) is 3.67. The van der Waals surface area contributed by atoms with Crippen molar-refractivity contribution >= 4 is 46.1 Å². The number of carbonyl (C=O) groups is 2. The molecule has 1 fully saturated rings. The van der Waals surface area contributed by atoms with Gasteiger partial charge in [0.15, 0.2) is 5.78 Å². The summed E-state index contributed by atoms with van der Waals surface area (Å²) in [5, 5.41) is 12.4. The molecule has 2 aromatic carbocycles. The number of Topliss-reactive ketones (excluding diaryl/α,β-unsaturated/α-hetero) is 1. The number of benzene rings is 2. The van der Waals surface area contributed by atoms with Crippen molar-refractivity contribution in [3.8, 4) is 11.5 Å². The van der Waals surface area contributed by atoms with Crippen LogP contribution in [0.3, 0.4) is 0 Å². The maximum absolute atomic E-state index is 11.7. The van der Waals surface area contributed by atoms with Crippen LogP contribution < -0.4 is 10.1 Å². The summed E-state index contributed by atoms with van der Waals surface area (Å²) in [5.74, 6) is 0.232. The highest BCUT2D eigenvalue weighted by atomic mass is 32.2. The lowest BCUT2D eigenvalue weighted by Crippen LogP contribution is -2.17. The molecule has 1 saturated heterocycles. The highest BCUT2D eigenvalue weighted by molar-refractivity contribution is 8.26. The Balaban J connectivity index is 1.64. The van der Waals surface area contributed by atoms with E-state index in [0.29, 0.717) is 20.5 Å². The first-order valence-corrected chi connectivity index (χ1v) is 8.95. The van der Waals surface area contributed by atoms with Crippen LogP contribution in [0.5, 0.6) is 11.5 Å². The van der Waals surface area contributed by atoms with Crippen LogP contribution in [0.15, 0.2) is 47.4 Å². The first-order chi connectivity index (χ1) is 12.4. The van der Waals surface area contributed by atoms with Crippen molar-refractivity contribution in [1.29, 1.82) is 0 Å². The molecule has 0 bridgehead atoms. The summed E-state index contributed by atoms with van der Waals surface area (Å²) in [6, 6.07) is 12.1. The SMILES string of the molecule is CC(=O)c1ccc(COc2ccc(C=C3SC(=S)NC3=O)cc2)cc1O. The lowest BCUT2D eigenvalue weighted by molar-refractivity contribution is -0.115. The van der Waals surface area contributed by atoms with Crippen LogP contribution in [0.1, 0.15) is 28.4 Å². The summed E-state index contributed by atoms with van der Waals surface area (Å²) in [5.41, 5.74) is 1.91. The minimum atomic E-state index is -0.186. The van der Waals surface area contributed by atoms with Crippen molar-refractivity contribution in [3.63, 3.8) is 0 Å². The van der Waals surface area contributed by atoms with E-state index in [-0.39, 0.29) is 24.0 Å². The molecule has 1 amide bonds.